The second-order valence-corrected chi connectivity index (χ2v) is 6.32. The van der Waals surface area contributed by atoms with Gasteiger partial charge in [-0.2, -0.15) is 8.75 Å². The van der Waals surface area contributed by atoms with Crippen LogP contribution in [-0.2, 0) is 13.0 Å². The number of rotatable bonds is 4. The highest BCUT2D eigenvalue weighted by Crippen LogP contribution is 2.30. The first-order valence-corrected chi connectivity index (χ1v) is 7.92. The van der Waals surface area contributed by atoms with E-state index in [1.54, 1.807) is 0 Å². The van der Waals surface area contributed by atoms with Gasteiger partial charge in [0.1, 0.15) is 11.0 Å². The molecule has 3 rings (SSSR count). The van der Waals surface area contributed by atoms with Crippen LogP contribution in [0.15, 0.2) is 24.3 Å². The van der Waals surface area contributed by atoms with E-state index in [1.165, 1.54) is 21.5 Å². The third-order valence-electron chi connectivity index (χ3n) is 2.88. The maximum Gasteiger partial charge on any atom is 0.129 e. The summed E-state index contributed by atoms with van der Waals surface area (Å²) in [7, 11) is 0. The van der Waals surface area contributed by atoms with Crippen molar-refractivity contribution in [2.75, 3.05) is 5.32 Å². The average molecular weight is 310 g/mol. The molecule has 0 fully saturated rings. The summed E-state index contributed by atoms with van der Waals surface area (Å²) in [6.45, 7) is 2.93. The number of halogens is 1. The monoisotopic (exact) mass is 309 g/mol. The van der Waals surface area contributed by atoms with Crippen LogP contribution < -0.4 is 5.32 Å². The van der Waals surface area contributed by atoms with Crippen molar-refractivity contribution in [2.45, 2.75) is 19.9 Å². The molecule has 0 atom stereocenters. The van der Waals surface area contributed by atoms with Crippen molar-refractivity contribution in [3.05, 3.63) is 39.0 Å². The van der Waals surface area contributed by atoms with E-state index in [1.807, 2.05) is 23.5 Å². The van der Waals surface area contributed by atoms with Crippen molar-refractivity contribution in [1.29, 1.82) is 0 Å². The highest BCUT2D eigenvalue weighted by molar-refractivity contribution is 7.12. The summed E-state index contributed by atoms with van der Waals surface area (Å²) in [5.74, 6) is 0. The van der Waals surface area contributed by atoms with Crippen LogP contribution in [0.4, 0.5) is 5.69 Å². The second-order valence-electron chi connectivity index (χ2n) is 4.13. The molecule has 1 aromatic carbocycles. The normalized spacial score (nSPS) is 11.1. The Bertz CT molecular complexity index is 705. The summed E-state index contributed by atoms with van der Waals surface area (Å²) in [4.78, 5) is 2.70. The minimum absolute atomic E-state index is 0.687. The fourth-order valence-corrected chi connectivity index (χ4v) is 3.54. The van der Waals surface area contributed by atoms with Crippen LogP contribution in [0.1, 0.15) is 16.7 Å². The molecule has 0 aliphatic rings. The van der Waals surface area contributed by atoms with E-state index in [2.05, 4.69) is 33.1 Å². The summed E-state index contributed by atoms with van der Waals surface area (Å²) >= 11 is 9.27. The Morgan fingerprint density at radius 2 is 2.00 bits per heavy atom. The topological polar surface area (TPSA) is 37.8 Å². The fraction of sp³-hybridized carbons (Fsp3) is 0.231. The van der Waals surface area contributed by atoms with E-state index < -0.39 is 0 Å². The van der Waals surface area contributed by atoms with Crippen molar-refractivity contribution in [3.63, 3.8) is 0 Å². The zero-order valence-electron chi connectivity index (χ0n) is 10.3. The Balaban J connectivity index is 1.84. The fourth-order valence-electron chi connectivity index (χ4n) is 1.88. The van der Waals surface area contributed by atoms with Gasteiger partial charge < -0.3 is 5.32 Å². The van der Waals surface area contributed by atoms with Crippen LogP contribution in [0.5, 0.6) is 0 Å². The molecule has 0 aliphatic carbocycles. The van der Waals surface area contributed by atoms with Crippen LogP contribution in [0, 0.1) is 0 Å². The molecule has 3 nitrogen and oxygen atoms in total. The SMILES string of the molecule is CCc1ccc(CNc2c(Cl)ccc3nsnc23)s1. The summed E-state index contributed by atoms with van der Waals surface area (Å²) in [5, 5.41) is 4.07. The lowest BCUT2D eigenvalue weighted by Gasteiger charge is -2.07. The lowest BCUT2D eigenvalue weighted by molar-refractivity contribution is 1.19. The molecule has 1 N–H and O–H groups in total. The molecule has 0 radical (unpaired) electrons. The third kappa shape index (κ3) is 2.59. The zero-order valence-corrected chi connectivity index (χ0v) is 12.7. The molecule has 2 heterocycles. The number of hydrogen-bond acceptors (Lipinski definition) is 5. The highest BCUT2D eigenvalue weighted by atomic mass is 35.5. The number of hydrogen-bond donors (Lipinski definition) is 1. The van der Waals surface area contributed by atoms with E-state index >= 15 is 0 Å². The molecule has 0 saturated heterocycles. The second kappa shape index (κ2) is 5.45. The van der Waals surface area contributed by atoms with Crippen LogP contribution in [0.3, 0.4) is 0 Å². The molecule has 0 amide bonds. The van der Waals surface area contributed by atoms with Gasteiger partial charge in [0.25, 0.3) is 0 Å². The zero-order chi connectivity index (χ0) is 13.2. The van der Waals surface area contributed by atoms with Gasteiger partial charge >= 0.3 is 0 Å². The number of thiophene rings is 1. The Hall–Kier alpha value is -1.17. The first-order valence-electron chi connectivity index (χ1n) is 6.00. The molecule has 0 aliphatic heterocycles. The molecule has 98 valence electrons. The molecule has 3 aromatic rings. The predicted molar refractivity (Wildman–Crippen MR) is 83.4 cm³/mol. The number of aryl methyl sites for hydroxylation is 1. The number of nitrogens with one attached hydrogen (secondary N) is 1. The number of benzene rings is 1. The minimum atomic E-state index is 0.687. The first-order chi connectivity index (χ1) is 9.28. The van der Waals surface area contributed by atoms with E-state index in [0.717, 1.165) is 29.7 Å². The molecule has 6 heteroatoms. The van der Waals surface area contributed by atoms with Gasteiger partial charge in [0, 0.05) is 16.3 Å². The van der Waals surface area contributed by atoms with Crippen LogP contribution in [0.2, 0.25) is 5.02 Å². The van der Waals surface area contributed by atoms with E-state index in [-0.39, 0.29) is 0 Å². The summed E-state index contributed by atoms with van der Waals surface area (Å²) < 4.78 is 8.53. The van der Waals surface area contributed by atoms with Gasteiger partial charge in [0.15, 0.2) is 0 Å². The molecule has 2 aromatic heterocycles. The van der Waals surface area contributed by atoms with Crippen LogP contribution >= 0.6 is 34.7 Å². The molecule has 0 spiro atoms. The lowest BCUT2D eigenvalue weighted by atomic mass is 10.2. The molecular formula is C13H12ClN3S2. The molecule has 0 unspecified atom stereocenters. The predicted octanol–water partition coefficient (Wildman–Crippen LogP) is 4.58. The number of anilines is 1. The Morgan fingerprint density at radius 3 is 2.79 bits per heavy atom. The highest BCUT2D eigenvalue weighted by Gasteiger charge is 2.10. The molecule has 0 saturated carbocycles. The van der Waals surface area contributed by atoms with Gasteiger partial charge in [-0.3, -0.25) is 0 Å². The minimum Gasteiger partial charge on any atom is -0.377 e. The van der Waals surface area contributed by atoms with E-state index in [0.29, 0.717) is 5.02 Å². The van der Waals surface area contributed by atoms with E-state index in [4.69, 9.17) is 11.6 Å². The van der Waals surface area contributed by atoms with Gasteiger partial charge in [-0.15, -0.1) is 11.3 Å². The maximum absolute atomic E-state index is 6.24. The van der Waals surface area contributed by atoms with Crippen molar-refractivity contribution in [3.8, 4) is 0 Å². The van der Waals surface area contributed by atoms with Crippen molar-refractivity contribution in [1.82, 2.24) is 8.75 Å². The van der Waals surface area contributed by atoms with Crippen LogP contribution in [0.25, 0.3) is 11.0 Å². The smallest absolute Gasteiger partial charge is 0.129 e. The van der Waals surface area contributed by atoms with Gasteiger partial charge in [-0.25, -0.2) is 0 Å². The number of aromatic nitrogens is 2. The van der Waals surface area contributed by atoms with Crippen molar-refractivity contribution in [2.24, 2.45) is 0 Å². The average Bonchev–Trinajstić information content (AvgIpc) is 3.05. The van der Waals surface area contributed by atoms with Gasteiger partial charge in [-0.05, 0) is 30.7 Å². The van der Waals surface area contributed by atoms with Gasteiger partial charge in [0.2, 0.25) is 0 Å². The maximum atomic E-state index is 6.24. The number of nitrogens with zero attached hydrogens (tertiary/aromatic N) is 2. The standard InChI is InChI=1S/C13H12ClN3S2/c1-2-8-3-4-9(18-8)7-15-12-10(14)5-6-11-13(12)17-19-16-11/h3-6,15H,2,7H2,1H3. The number of fused-ring (bicyclic) bond motifs is 1. The molecule has 19 heavy (non-hydrogen) atoms. The molecular weight excluding hydrogens is 298 g/mol. The summed E-state index contributed by atoms with van der Waals surface area (Å²) in [6.07, 6.45) is 1.08. The Labute approximate surface area is 124 Å². The third-order valence-corrected chi connectivity index (χ3v) is 4.97. The van der Waals surface area contributed by atoms with Gasteiger partial charge in [-0.1, -0.05) is 18.5 Å². The summed E-state index contributed by atoms with van der Waals surface area (Å²) in [6, 6.07) is 8.09. The van der Waals surface area contributed by atoms with Crippen molar-refractivity contribution < 1.29 is 0 Å². The lowest BCUT2D eigenvalue weighted by Crippen LogP contribution is -1.99. The Morgan fingerprint density at radius 1 is 1.16 bits per heavy atom. The largest absolute Gasteiger partial charge is 0.377 e. The van der Waals surface area contributed by atoms with Crippen LogP contribution in [-0.4, -0.2) is 8.75 Å². The molecule has 0 bridgehead atoms. The summed E-state index contributed by atoms with van der Waals surface area (Å²) in [5.41, 5.74) is 2.61. The quantitative estimate of drug-likeness (QED) is 0.766. The Kier molecular flexibility index (Phi) is 3.68. The van der Waals surface area contributed by atoms with Gasteiger partial charge in [0.05, 0.1) is 22.4 Å². The van der Waals surface area contributed by atoms with E-state index in [9.17, 15) is 0 Å². The first kappa shape index (κ1) is 12.8. The van der Waals surface area contributed by atoms with Crippen molar-refractivity contribution >= 4 is 51.4 Å².